The van der Waals surface area contributed by atoms with Gasteiger partial charge in [-0.25, -0.2) is 0 Å². The average Bonchev–Trinajstić information content (AvgIpc) is 3.06. The fraction of sp³-hybridized carbons (Fsp3) is 0.351. The maximum atomic E-state index is 10.5. The molecule has 8 heteroatoms. The van der Waals surface area contributed by atoms with Gasteiger partial charge in [-0.3, -0.25) is 4.90 Å². The van der Waals surface area contributed by atoms with Gasteiger partial charge in [0.1, 0.15) is 5.75 Å². The van der Waals surface area contributed by atoms with E-state index in [4.69, 9.17) is 23.7 Å². The second-order valence-electron chi connectivity index (χ2n) is 11.8. The van der Waals surface area contributed by atoms with E-state index >= 15 is 0 Å². The highest BCUT2D eigenvalue weighted by Crippen LogP contribution is 2.40. The van der Waals surface area contributed by atoms with Crippen molar-refractivity contribution >= 4 is 0 Å². The molecule has 0 aliphatic carbocycles. The molecule has 2 N–H and O–H groups in total. The summed E-state index contributed by atoms with van der Waals surface area (Å²) in [6, 6.07) is 22.7. The summed E-state index contributed by atoms with van der Waals surface area (Å²) in [5.74, 6) is 4.30. The van der Waals surface area contributed by atoms with Gasteiger partial charge in [-0.05, 0) is 121 Å². The van der Waals surface area contributed by atoms with Gasteiger partial charge in [0.2, 0.25) is 0 Å². The Hall–Kier alpha value is -4.40. The van der Waals surface area contributed by atoms with Crippen molar-refractivity contribution in [3.63, 3.8) is 0 Å². The number of hydrogen-bond donors (Lipinski definition) is 2. The number of phenolic OH excluding ortho intramolecular Hbond substituents is 1. The van der Waals surface area contributed by atoms with Crippen LogP contribution in [0.5, 0.6) is 40.2 Å². The molecule has 0 bridgehead atoms. The van der Waals surface area contributed by atoms with Crippen molar-refractivity contribution in [2.45, 2.75) is 37.8 Å². The molecule has 0 spiro atoms. The first-order valence-corrected chi connectivity index (χ1v) is 15.4. The quantitative estimate of drug-likeness (QED) is 0.213. The SMILES string of the molecule is COc1cc2c(cc1O)C(Cc1ccc(OC)c(Oc3ccc(CC4NCCc5cc(OC)c(OC)cc54)cc3)c1)N(C)CC2. The first-order valence-electron chi connectivity index (χ1n) is 15.4. The Morgan fingerprint density at radius 3 is 2.09 bits per heavy atom. The maximum Gasteiger partial charge on any atom is 0.169 e. The minimum absolute atomic E-state index is 0.116. The molecular formula is C37H42N2O6. The molecule has 2 heterocycles. The van der Waals surface area contributed by atoms with Crippen LogP contribution in [0.2, 0.25) is 0 Å². The predicted molar refractivity (Wildman–Crippen MR) is 175 cm³/mol. The fourth-order valence-electron chi connectivity index (χ4n) is 6.63. The van der Waals surface area contributed by atoms with Crippen LogP contribution in [0, 0.1) is 0 Å². The number of benzene rings is 4. The molecule has 236 valence electrons. The second-order valence-corrected chi connectivity index (χ2v) is 11.8. The number of nitrogens with zero attached hydrogens (tertiary/aromatic N) is 1. The van der Waals surface area contributed by atoms with E-state index in [1.54, 1.807) is 28.4 Å². The van der Waals surface area contributed by atoms with Gasteiger partial charge >= 0.3 is 0 Å². The van der Waals surface area contributed by atoms with E-state index in [9.17, 15) is 5.11 Å². The zero-order valence-corrected chi connectivity index (χ0v) is 26.7. The van der Waals surface area contributed by atoms with Crippen molar-refractivity contribution in [3.8, 4) is 40.2 Å². The Labute approximate surface area is 265 Å². The summed E-state index contributed by atoms with van der Waals surface area (Å²) in [4.78, 5) is 2.34. The van der Waals surface area contributed by atoms with Gasteiger partial charge in [0.05, 0.1) is 28.4 Å². The Morgan fingerprint density at radius 1 is 0.689 bits per heavy atom. The summed E-state index contributed by atoms with van der Waals surface area (Å²) in [5, 5.41) is 14.2. The van der Waals surface area contributed by atoms with Gasteiger partial charge in [-0.1, -0.05) is 18.2 Å². The Bertz CT molecular complexity index is 1650. The third kappa shape index (κ3) is 6.39. The molecule has 6 rings (SSSR count). The molecule has 45 heavy (non-hydrogen) atoms. The van der Waals surface area contributed by atoms with Crippen molar-refractivity contribution in [2.24, 2.45) is 0 Å². The molecule has 0 fully saturated rings. The van der Waals surface area contributed by atoms with Gasteiger partial charge in [-0.2, -0.15) is 0 Å². The molecule has 0 amide bonds. The number of hydrogen-bond acceptors (Lipinski definition) is 8. The highest BCUT2D eigenvalue weighted by atomic mass is 16.5. The minimum atomic E-state index is 0.116. The van der Waals surface area contributed by atoms with Crippen LogP contribution in [0.1, 0.15) is 45.5 Å². The molecule has 2 unspecified atom stereocenters. The van der Waals surface area contributed by atoms with Crippen molar-refractivity contribution in [3.05, 3.63) is 100 Å². The smallest absolute Gasteiger partial charge is 0.169 e. The molecule has 0 radical (unpaired) electrons. The van der Waals surface area contributed by atoms with Crippen molar-refractivity contribution in [2.75, 3.05) is 48.6 Å². The van der Waals surface area contributed by atoms with Gasteiger partial charge in [0.15, 0.2) is 34.5 Å². The molecule has 0 aromatic heterocycles. The van der Waals surface area contributed by atoms with Crippen LogP contribution >= 0.6 is 0 Å². The summed E-state index contributed by atoms with van der Waals surface area (Å²) in [6.45, 7) is 1.85. The summed E-state index contributed by atoms with van der Waals surface area (Å²) < 4.78 is 28.5. The van der Waals surface area contributed by atoms with Crippen LogP contribution in [-0.4, -0.2) is 58.6 Å². The van der Waals surface area contributed by atoms with Gasteiger partial charge in [0, 0.05) is 18.6 Å². The molecule has 2 atom stereocenters. The summed E-state index contributed by atoms with van der Waals surface area (Å²) in [5.41, 5.74) is 7.22. The van der Waals surface area contributed by atoms with E-state index in [2.05, 4.69) is 53.7 Å². The molecule has 4 aromatic carbocycles. The third-order valence-electron chi connectivity index (χ3n) is 9.12. The largest absolute Gasteiger partial charge is 0.504 e. The number of likely N-dealkylation sites (N-methyl/N-ethyl adjacent to an activating group) is 1. The van der Waals surface area contributed by atoms with Crippen LogP contribution in [0.3, 0.4) is 0 Å². The van der Waals surface area contributed by atoms with Gasteiger partial charge < -0.3 is 34.1 Å². The number of aromatic hydroxyl groups is 1. The summed E-state index contributed by atoms with van der Waals surface area (Å²) in [6.07, 6.45) is 3.49. The van der Waals surface area contributed by atoms with Gasteiger partial charge in [-0.15, -0.1) is 0 Å². The Morgan fingerprint density at radius 2 is 1.36 bits per heavy atom. The third-order valence-corrected chi connectivity index (χ3v) is 9.12. The van der Waals surface area contributed by atoms with E-state index in [1.807, 2.05) is 30.3 Å². The van der Waals surface area contributed by atoms with Crippen molar-refractivity contribution in [1.82, 2.24) is 10.2 Å². The maximum absolute atomic E-state index is 10.5. The number of nitrogens with one attached hydrogen (secondary N) is 1. The van der Waals surface area contributed by atoms with Crippen LogP contribution in [0.25, 0.3) is 0 Å². The minimum Gasteiger partial charge on any atom is -0.504 e. The van der Waals surface area contributed by atoms with Crippen LogP contribution in [0.4, 0.5) is 0 Å². The molecule has 0 saturated carbocycles. The molecular weight excluding hydrogens is 568 g/mol. The zero-order valence-electron chi connectivity index (χ0n) is 26.7. The molecule has 2 aliphatic rings. The molecule has 0 saturated heterocycles. The highest BCUT2D eigenvalue weighted by molar-refractivity contribution is 5.51. The van der Waals surface area contributed by atoms with Crippen molar-refractivity contribution in [1.29, 1.82) is 0 Å². The van der Waals surface area contributed by atoms with Gasteiger partial charge in [0.25, 0.3) is 0 Å². The fourth-order valence-corrected chi connectivity index (χ4v) is 6.63. The Balaban J connectivity index is 1.18. The highest BCUT2D eigenvalue weighted by Gasteiger charge is 2.27. The monoisotopic (exact) mass is 610 g/mol. The lowest BCUT2D eigenvalue weighted by Gasteiger charge is -2.35. The molecule has 8 nitrogen and oxygen atoms in total. The number of rotatable bonds is 10. The number of phenols is 1. The molecule has 2 aliphatic heterocycles. The molecule has 4 aromatic rings. The summed E-state index contributed by atoms with van der Waals surface area (Å²) in [7, 11) is 8.73. The summed E-state index contributed by atoms with van der Waals surface area (Å²) >= 11 is 0. The van der Waals surface area contributed by atoms with E-state index in [0.29, 0.717) is 17.2 Å². The predicted octanol–water partition coefficient (Wildman–Crippen LogP) is 6.42. The standard InChI is InChI=1S/C37H42N2O6/c1-39-15-13-26-19-34(42-3)32(40)21-29(26)31(39)17-24-8-11-33(41-2)37(18-24)45-27-9-6-23(7-10-27)16-30-28-22-36(44-5)35(43-4)20-25(28)12-14-38-30/h6-11,18-22,30-31,38,40H,12-17H2,1-5H3. The average molecular weight is 611 g/mol. The van der Waals surface area contributed by atoms with Crippen LogP contribution in [-0.2, 0) is 25.7 Å². The van der Waals surface area contributed by atoms with Crippen molar-refractivity contribution < 1.29 is 28.8 Å². The van der Waals surface area contributed by atoms with E-state index in [-0.39, 0.29) is 17.8 Å². The first-order chi connectivity index (χ1) is 21.9. The number of ether oxygens (including phenoxy) is 5. The number of methoxy groups -OCH3 is 4. The normalized spacial score (nSPS) is 17.6. The van der Waals surface area contributed by atoms with Crippen LogP contribution in [0.15, 0.2) is 66.7 Å². The van der Waals surface area contributed by atoms with E-state index in [0.717, 1.165) is 67.1 Å². The van der Waals surface area contributed by atoms with E-state index in [1.165, 1.54) is 22.3 Å². The van der Waals surface area contributed by atoms with Crippen LogP contribution < -0.4 is 29.0 Å². The lowest BCUT2D eigenvalue weighted by molar-refractivity contribution is 0.228. The Kier molecular flexibility index (Phi) is 9.05. The number of fused-ring (bicyclic) bond motifs is 2. The zero-order chi connectivity index (χ0) is 31.5. The lowest BCUT2D eigenvalue weighted by Crippen LogP contribution is -2.33. The lowest BCUT2D eigenvalue weighted by atomic mass is 9.88. The van der Waals surface area contributed by atoms with E-state index < -0.39 is 0 Å². The first kappa shape index (κ1) is 30.6. The second kappa shape index (κ2) is 13.3. The topological polar surface area (TPSA) is 81.7 Å².